The standard InChI is InChI=1S/C15H21FN2O2/c1-14(2,3)20-13(19)18-9-8-15(18,10-17)11-6-4-5-7-12(11)16/h4-7H,8-10,17H2,1-3H3. The lowest BCUT2D eigenvalue weighted by molar-refractivity contribution is -0.0452. The molecule has 1 aromatic rings. The summed E-state index contributed by atoms with van der Waals surface area (Å²) in [4.78, 5) is 13.8. The Labute approximate surface area is 118 Å². The molecule has 1 unspecified atom stereocenters. The number of carbonyl (C=O) groups is 1. The number of nitrogens with two attached hydrogens (primary N) is 1. The van der Waals surface area contributed by atoms with Gasteiger partial charge in [-0.2, -0.15) is 0 Å². The summed E-state index contributed by atoms with van der Waals surface area (Å²) in [6.07, 6.45) is 0.196. The molecule has 1 fully saturated rings. The number of likely N-dealkylation sites (tertiary alicyclic amines) is 1. The Hall–Kier alpha value is -1.62. The maximum atomic E-state index is 14.0. The van der Waals surface area contributed by atoms with E-state index in [1.54, 1.807) is 39.0 Å². The average molecular weight is 280 g/mol. The quantitative estimate of drug-likeness (QED) is 0.906. The van der Waals surface area contributed by atoms with Gasteiger partial charge in [-0.25, -0.2) is 9.18 Å². The van der Waals surface area contributed by atoms with Gasteiger partial charge in [0.25, 0.3) is 0 Å². The van der Waals surface area contributed by atoms with Gasteiger partial charge in [0, 0.05) is 18.7 Å². The van der Waals surface area contributed by atoms with Crippen LogP contribution in [-0.4, -0.2) is 29.7 Å². The van der Waals surface area contributed by atoms with E-state index in [0.717, 1.165) is 0 Å². The zero-order chi connectivity index (χ0) is 15.0. The number of rotatable bonds is 2. The van der Waals surface area contributed by atoms with Crippen molar-refractivity contribution in [2.45, 2.75) is 38.3 Å². The van der Waals surface area contributed by atoms with Crippen LogP contribution in [-0.2, 0) is 10.3 Å². The molecule has 0 radical (unpaired) electrons. The summed E-state index contributed by atoms with van der Waals surface area (Å²) in [6, 6.07) is 6.44. The number of carbonyl (C=O) groups excluding carboxylic acids is 1. The summed E-state index contributed by atoms with van der Waals surface area (Å²) in [5, 5.41) is 0. The predicted molar refractivity (Wildman–Crippen MR) is 74.7 cm³/mol. The van der Waals surface area contributed by atoms with Crippen molar-refractivity contribution >= 4 is 6.09 Å². The lowest BCUT2D eigenvalue weighted by atomic mass is 9.78. The second kappa shape index (κ2) is 5.05. The molecule has 1 atom stereocenters. The first kappa shape index (κ1) is 14.8. The van der Waals surface area contributed by atoms with E-state index in [-0.39, 0.29) is 12.4 Å². The van der Waals surface area contributed by atoms with Crippen molar-refractivity contribution in [1.82, 2.24) is 4.90 Å². The van der Waals surface area contributed by atoms with Crippen LogP contribution in [0.4, 0.5) is 9.18 Å². The van der Waals surface area contributed by atoms with E-state index in [4.69, 9.17) is 10.5 Å². The zero-order valence-corrected chi connectivity index (χ0v) is 12.1. The van der Waals surface area contributed by atoms with Crippen molar-refractivity contribution in [3.63, 3.8) is 0 Å². The predicted octanol–water partition coefficient (Wildman–Crippen LogP) is 2.62. The third-order valence-corrected chi connectivity index (χ3v) is 3.59. The number of hydrogen-bond donors (Lipinski definition) is 1. The molecular formula is C15H21FN2O2. The molecule has 1 aromatic carbocycles. The highest BCUT2D eigenvalue weighted by molar-refractivity contribution is 5.71. The largest absolute Gasteiger partial charge is 0.444 e. The van der Waals surface area contributed by atoms with Crippen molar-refractivity contribution < 1.29 is 13.9 Å². The van der Waals surface area contributed by atoms with Crippen LogP contribution in [0.5, 0.6) is 0 Å². The van der Waals surface area contributed by atoms with Gasteiger partial charge < -0.3 is 10.5 Å². The molecule has 0 aromatic heterocycles. The SMILES string of the molecule is CC(C)(C)OC(=O)N1CCC1(CN)c1ccccc1F. The highest BCUT2D eigenvalue weighted by Gasteiger charge is 2.50. The van der Waals surface area contributed by atoms with Crippen LogP contribution in [0.1, 0.15) is 32.8 Å². The van der Waals surface area contributed by atoms with Crippen molar-refractivity contribution in [2.75, 3.05) is 13.1 Å². The van der Waals surface area contributed by atoms with Crippen LogP contribution in [0.15, 0.2) is 24.3 Å². The minimum Gasteiger partial charge on any atom is -0.444 e. The van der Waals surface area contributed by atoms with Crippen molar-refractivity contribution in [2.24, 2.45) is 5.73 Å². The van der Waals surface area contributed by atoms with Gasteiger partial charge in [0.2, 0.25) is 0 Å². The molecule has 2 N–H and O–H groups in total. The maximum Gasteiger partial charge on any atom is 0.411 e. The molecule has 1 heterocycles. The Balaban J connectivity index is 2.29. The minimum absolute atomic E-state index is 0.174. The Morgan fingerprint density at radius 2 is 2.10 bits per heavy atom. The molecule has 1 saturated heterocycles. The summed E-state index contributed by atoms with van der Waals surface area (Å²) in [6.45, 7) is 6.11. The lowest BCUT2D eigenvalue weighted by Crippen LogP contribution is -2.64. The van der Waals surface area contributed by atoms with Crippen LogP contribution in [0.2, 0.25) is 0 Å². The van der Waals surface area contributed by atoms with E-state index in [9.17, 15) is 9.18 Å². The van der Waals surface area contributed by atoms with E-state index in [1.807, 2.05) is 0 Å². The topological polar surface area (TPSA) is 55.6 Å². The van der Waals surface area contributed by atoms with E-state index < -0.39 is 17.2 Å². The molecule has 1 amide bonds. The molecule has 1 aliphatic rings. The molecule has 0 spiro atoms. The van der Waals surface area contributed by atoms with Crippen LogP contribution in [0, 0.1) is 5.82 Å². The van der Waals surface area contributed by atoms with Gasteiger partial charge in [-0.3, -0.25) is 4.90 Å². The molecule has 20 heavy (non-hydrogen) atoms. The zero-order valence-electron chi connectivity index (χ0n) is 12.1. The second-order valence-electron chi connectivity index (χ2n) is 6.10. The average Bonchev–Trinajstić information content (AvgIpc) is 2.29. The summed E-state index contributed by atoms with van der Waals surface area (Å²) in [7, 11) is 0. The summed E-state index contributed by atoms with van der Waals surface area (Å²) >= 11 is 0. The summed E-state index contributed by atoms with van der Waals surface area (Å²) in [5.74, 6) is -0.341. The lowest BCUT2D eigenvalue weighted by Gasteiger charge is -2.52. The first-order chi connectivity index (χ1) is 9.30. The van der Waals surface area contributed by atoms with Crippen LogP contribution in [0.3, 0.4) is 0 Å². The van der Waals surface area contributed by atoms with E-state index in [0.29, 0.717) is 18.5 Å². The number of hydrogen-bond acceptors (Lipinski definition) is 3. The number of benzene rings is 1. The Kier molecular flexibility index (Phi) is 3.73. The fourth-order valence-corrected chi connectivity index (χ4v) is 2.52. The fourth-order valence-electron chi connectivity index (χ4n) is 2.52. The number of ether oxygens (including phenoxy) is 1. The van der Waals surface area contributed by atoms with E-state index in [2.05, 4.69) is 0 Å². The fraction of sp³-hybridized carbons (Fsp3) is 0.533. The smallest absolute Gasteiger partial charge is 0.411 e. The Bertz CT molecular complexity index is 509. The molecule has 2 rings (SSSR count). The number of amides is 1. The third-order valence-electron chi connectivity index (χ3n) is 3.59. The molecule has 0 bridgehead atoms. The molecule has 0 aliphatic carbocycles. The van der Waals surface area contributed by atoms with Crippen LogP contribution in [0.25, 0.3) is 0 Å². The normalized spacial score (nSPS) is 22.4. The molecular weight excluding hydrogens is 259 g/mol. The molecule has 110 valence electrons. The summed E-state index contributed by atoms with van der Waals surface area (Å²) in [5.41, 5.74) is 4.94. The summed E-state index contributed by atoms with van der Waals surface area (Å²) < 4.78 is 19.4. The van der Waals surface area contributed by atoms with Crippen LogP contribution >= 0.6 is 0 Å². The third kappa shape index (κ3) is 2.50. The van der Waals surface area contributed by atoms with E-state index >= 15 is 0 Å². The van der Waals surface area contributed by atoms with Crippen molar-refractivity contribution in [3.05, 3.63) is 35.6 Å². The molecule has 4 nitrogen and oxygen atoms in total. The van der Waals surface area contributed by atoms with Gasteiger partial charge >= 0.3 is 6.09 Å². The monoisotopic (exact) mass is 280 g/mol. The highest BCUT2D eigenvalue weighted by atomic mass is 19.1. The van der Waals surface area contributed by atoms with Crippen molar-refractivity contribution in [3.8, 4) is 0 Å². The molecule has 5 heteroatoms. The van der Waals surface area contributed by atoms with Crippen LogP contribution < -0.4 is 5.73 Å². The van der Waals surface area contributed by atoms with E-state index in [1.165, 1.54) is 11.0 Å². The van der Waals surface area contributed by atoms with Gasteiger partial charge in [0.05, 0.1) is 5.54 Å². The molecule has 1 aliphatic heterocycles. The van der Waals surface area contributed by atoms with Gasteiger partial charge in [-0.1, -0.05) is 18.2 Å². The van der Waals surface area contributed by atoms with Crippen molar-refractivity contribution in [1.29, 1.82) is 0 Å². The maximum absolute atomic E-state index is 14.0. The second-order valence-corrected chi connectivity index (χ2v) is 6.10. The highest BCUT2D eigenvalue weighted by Crippen LogP contribution is 2.41. The minimum atomic E-state index is -0.784. The Morgan fingerprint density at radius 3 is 2.55 bits per heavy atom. The number of halogens is 1. The van der Waals surface area contributed by atoms with Gasteiger partial charge in [-0.15, -0.1) is 0 Å². The first-order valence-electron chi connectivity index (χ1n) is 6.76. The van der Waals surface area contributed by atoms with Gasteiger partial charge in [0.15, 0.2) is 0 Å². The Morgan fingerprint density at radius 1 is 1.45 bits per heavy atom. The number of nitrogens with zero attached hydrogens (tertiary/aromatic N) is 1. The van der Waals surface area contributed by atoms with Gasteiger partial charge in [0.1, 0.15) is 11.4 Å². The van der Waals surface area contributed by atoms with Gasteiger partial charge in [-0.05, 0) is 33.3 Å². The molecule has 0 saturated carbocycles. The first-order valence-corrected chi connectivity index (χ1v) is 6.76.